The van der Waals surface area contributed by atoms with Crippen molar-refractivity contribution in [1.82, 2.24) is 0 Å². The Hall–Kier alpha value is -3.73. The molecule has 0 bridgehead atoms. The number of anilines is 1. The topological polar surface area (TPSA) is 124 Å². The number of carbonyl (C=O) groups is 2. The quantitative estimate of drug-likeness (QED) is 0.779. The zero-order chi connectivity index (χ0) is 19.1. The lowest BCUT2D eigenvalue weighted by Crippen LogP contribution is -2.20. The summed E-state index contributed by atoms with van der Waals surface area (Å²) in [5, 5.41) is 11.6. The predicted octanol–water partition coefficient (Wildman–Crippen LogP) is 1.69. The molecule has 134 valence electrons. The van der Waals surface area contributed by atoms with Crippen LogP contribution in [0.25, 0.3) is 0 Å². The number of amides is 2. The largest absolute Gasteiger partial charge is 0.493 e. The van der Waals surface area contributed by atoms with Gasteiger partial charge in [0.1, 0.15) is 0 Å². The number of nitrogens with zero attached hydrogens (tertiary/aromatic N) is 1. The van der Waals surface area contributed by atoms with Gasteiger partial charge in [-0.15, -0.1) is 0 Å². The molecular formula is C18H17N3O5. The fourth-order valence-corrected chi connectivity index (χ4v) is 2.17. The maximum absolute atomic E-state index is 12.5. The predicted molar refractivity (Wildman–Crippen MR) is 93.3 cm³/mol. The summed E-state index contributed by atoms with van der Waals surface area (Å²) in [4.78, 5) is 23.4. The Bertz CT molecular complexity index is 848. The first-order valence-corrected chi connectivity index (χ1v) is 7.47. The summed E-state index contributed by atoms with van der Waals surface area (Å²) in [6, 6.07) is 11.4. The third kappa shape index (κ3) is 4.42. The van der Waals surface area contributed by atoms with Gasteiger partial charge in [0.15, 0.2) is 18.1 Å². The molecule has 0 unspecified atom stereocenters. The van der Waals surface area contributed by atoms with Gasteiger partial charge in [0.2, 0.25) is 5.75 Å². The van der Waals surface area contributed by atoms with E-state index < -0.39 is 11.8 Å². The molecule has 0 aliphatic carbocycles. The zero-order valence-corrected chi connectivity index (χ0v) is 14.2. The number of rotatable bonds is 7. The van der Waals surface area contributed by atoms with Crippen LogP contribution < -0.4 is 25.3 Å². The highest BCUT2D eigenvalue weighted by atomic mass is 16.5. The average Bonchev–Trinajstić information content (AvgIpc) is 2.65. The SMILES string of the molecule is COc1cc(C(=O)Nc2cccc(C#N)c2)cc(OC)c1OCC(N)=O. The van der Waals surface area contributed by atoms with Crippen LogP contribution in [-0.4, -0.2) is 32.6 Å². The van der Waals surface area contributed by atoms with Crippen molar-refractivity contribution < 1.29 is 23.8 Å². The molecule has 26 heavy (non-hydrogen) atoms. The lowest BCUT2D eigenvalue weighted by Gasteiger charge is -2.15. The molecule has 0 aliphatic heterocycles. The second-order valence-electron chi connectivity index (χ2n) is 5.11. The van der Waals surface area contributed by atoms with Gasteiger partial charge >= 0.3 is 0 Å². The highest BCUT2D eigenvalue weighted by Crippen LogP contribution is 2.38. The normalized spacial score (nSPS) is 9.73. The van der Waals surface area contributed by atoms with E-state index in [-0.39, 0.29) is 29.4 Å². The summed E-state index contributed by atoms with van der Waals surface area (Å²) in [6.45, 7) is -0.362. The van der Waals surface area contributed by atoms with E-state index in [1.165, 1.54) is 26.4 Å². The second kappa shape index (κ2) is 8.39. The van der Waals surface area contributed by atoms with Crippen molar-refractivity contribution in [2.24, 2.45) is 5.73 Å². The van der Waals surface area contributed by atoms with E-state index in [4.69, 9.17) is 25.2 Å². The summed E-state index contributed by atoms with van der Waals surface area (Å²) >= 11 is 0. The standard InChI is InChI=1S/C18H17N3O5/c1-24-14-7-12(8-15(25-2)17(14)26-10-16(20)22)18(23)21-13-5-3-4-11(6-13)9-19/h3-8H,10H2,1-2H3,(H2,20,22)(H,21,23). The van der Waals surface area contributed by atoms with Crippen LogP contribution in [0.3, 0.4) is 0 Å². The monoisotopic (exact) mass is 355 g/mol. The van der Waals surface area contributed by atoms with Gasteiger partial charge in [-0.3, -0.25) is 9.59 Å². The van der Waals surface area contributed by atoms with Crippen molar-refractivity contribution in [3.05, 3.63) is 47.5 Å². The first-order chi connectivity index (χ1) is 12.5. The van der Waals surface area contributed by atoms with Crippen LogP contribution in [-0.2, 0) is 4.79 Å². The minimum absolute atomic E-state index is 0.164. The molecule has 0 heterocycles. The van der Waals surface area contributed by atoms with Crippen molar-refractivity contribution in [3.63, 3.8) is 0 Å². The van der Waals surface area contributed by atoms with Crippen LogP contribution in [0, 0.1) is 11.3 Å². The first-order valence-electron chi connectivity index (χ1n) is 7.47. The minimum Gasteiger partial charge on any atom is -0.493 e. The van der Waals surface area contributed by atoms with Crippen molar-refractivity contribution in [3.8, 4) is 23.3 Å². The molecule has 0 saturated heterocycles. The number of hydrogen-bond donors (Lipinski definition) is 2. The number of ether oxygens (including phenoxy) is 3. The Morgan fingerprint density at radius 1 is 1.15 bits per heavy atom. The van der Waals surface area contributed by atoms with E-state index in [1.807, 2.05) is 6.07 Å². The Morgan fingerprint density at radius 3 is 2.35 bits per heavy atom. The van der Waals surface area contributed by atoms with Gasteiger partial charge in [0.25, 0.3) is 11.8 Å². The summed E-state index contributed by atoms with van der Waals surface area (Å²) in [5.41, 5.74) is 6.22. The van der Waals surface area contributed by atoms with Crippen LogP contribution in [0.15, 0.2) is 36.4 Å². The van der Waals surface area contributed by atoms with Gasteiger partial charge in [0, 0.05) is 11.3 Å². The number of carbonyl (C=O) groups excluding carboxylic acids is 2. The lowest BCUT2D eigenvalue weighted by molar-refractivity contribution is -0.120. The van der Waals surface area contributed by atoms with Crippen molar-refractivity contribution in [2.75, 3.05) is 26.1 Å². The molecule has 0 fully saturated rings. The molecule has 3 N–H and O–H groups in total. The molecule has 2 aromatic carbocycles. The Labute approximate surface area is 150 Å². The van der Waals surface area contributed by atoms with Gasteiger partial charge < -0.3 is 25.3 Å². The number of hydrogen-bond acceptors (Lipinski definition) is 6. The maximum Gasteiger partial charge on any atom is 0.255 e. The van der Waals surface area contributed by atoms with Crippen LogP contribution in [0.4, 0.5) is 5.69 Å². The van der Waals surface area contributed by atoms with Crippen LogP contribution in [0.1, 0.15) is 15.9 Å². The fraction of sp³-hybridized carbons (Fsp3) is 0.167. The van der Waals surface area contributed by atoms with Gasteiger partial charge in [-0.25, -0.2) is 0 Å². The minimum atomic E-state index is -0.659. The van der Waals surface area contributed by atoms with Crippen molar-refractivity contribution >= 4 is 17.5 Å². The summed E-state index contributed by atoms with van der Waals surface area (Å²) in [6.07, 6.45) is 0. The fourth-order valence-electron chi connectivity index (χ4n) is 2.17. The van der Waals surface area contributed by atoms with Crippen LogP contribution >= 0.6 is 0 Å². The van der Waals surface area contributed by atoms with Crippen molar-refractivity contribution in [1.29, 1.82) is 5.26 Å². The molecule has 0 radical (unpaired) electrons. The van der Waals surface area contributed by atoms with Gasteiger partial charge in [-0.05, 0) is 30.3 Å². The Morgan fingerprint density at radius 2 is 1.81 bits per heavy atom. The molecular weight excluding hydrogens is 338 g/mol. The summed E-state index contributed by atoms with van der Waals surface area (Å²) in [7, 11) is 2.79. The zero-order valence-electron chi connectivity index (χ0n) is 14.2. The van der Waals surface area contributed by atoms with Crippen LogP contribution in [0.5, 0.6) is 17.2 Å². The second-order valence-corrected chi connectivity index (χ2v) is 5.11. The molecule has 0 saturated carbocycles. The molecule has 0 aromatic heterocycles. The molecule has 0 aliphatic rings. The molecule has 2 aromatic rings. The third-order valence-corrected chi connectivity index (χ3v) is 3.33. The number of primary amides is 1. The number of benzene rings is 2. The molecule has 2 rings (SSSR count). The Balaban J connectivity index is 2.32. The van der Waals surface area contributed by atoms with Crippen molar-refractivity contribution in [2.45, 2.75) is 0 Å². The van der Waals surface area contributed by atoms with E-state index in [0.29, 0.717) is 11.3 Å². The van der Waals surface area contributed by atoms with Gasteiger partial charge in [-0.1, -0.05) is 6.07 Å². The number of nitrogens with two attached hydrogens (primary N) is 1. The van der Waals surface area contributed by atoms with Crippen LogP contribution in [0.2, 0.25) is 0 Å². The molecule has 0 atom stereocenters. The number of nitriles is 1. The van der Waals surface area contributed by atoms with Gasteiger partial charge in [-0.2, -0.15) is 5.26 Å². The maximum atomic E-state index is 12.5. The van der Waals surface area contributed by atoms with E-state index >= 15 is 0 Å². The van der Waals surface area contributed by atoms with Gasteiger partial charge in [0.05, 0.1) is 25.9 Å². The molecule has 0 spiro atoms. The summed E-state index contributed by atoms with van der Waals surface area (Å²) < 4.78 is 15.7. The molecule has 2 amide bonds. The Kier molecular flexibility index (Phi) is 6.01. The van der Waals surface area contributed by atoms with E-state index in [9.17, 15) is 9.59 Å². The average molecular weight is 355 g/mol. The third-order valence-electron chi connectivity index (χ3n) is 3.33. The molecule has 8 nitrogen and oxygen atoms in total. The van der Waals surface area contributed by atoms with E-state index in [0.717, 1.165) is 0 Å². The summed E-state index contributed by atoms with van der Waals surface area (Å²) in [5.74, 6) is -0.508. The number of nitrogens with one attached hydrogen (secondary N) is 1. The highest BCUT2D eigenvalue weighted by Gasteiger charge is 2.18. The lowest BCUT2D eigenvalue weighted by atomic mass is 10.1. The van der Waals surface area contributed by atoms with E-state index in [1.54, 1.807) is 24.3 Å². The number of methoxy groups -OCH3 is 2. The first kappa shape index (κ1) is 18.6. The van der Waals surface area contributed by atoms with E-state index in [2.05, 4.69) is 5.32 Å². The smallest absolute Gasteiger partial charge is 0.255 e. The highest BCUT2D eigenvalue weighted by molar-refractivity contribution is 6.05. The molecule has 8 heteroatoms.